The van der Waals surface area contributed by atoms with Gasteiger partial charge in [-0.05, 0) is 31.6 Å². The zero-order valence-corrected chi connectivity index (χ0v) is 12.5. The van der Waals surface area contributed by atoms with Gasteiger partial charge in [0.2, 0.25) is 5.91 Å². The molecule has 1 aliphatic rings. The molecule has 1 fully saturated rings. The van der Waals surface area contributed by atoms with Gasteiger partial charge in [-0.25, -0.2) is 0 Å². The Morgan fingerprint density at radius 1 is 1.28 bits per heavy atom. The third-order valence-electron chi connectivity index (χ3n) is 4.19. The average molecular weight is 254 g/mol. The Hall–Kier alpha value is -0.570. The van der Waals surface area contributed by atoms with Gasteiger partial charge in [0, 0.05) is 12.6 Å². The first-order valence-corrected chi connectivity index (χ1v) is 7.48. The Morgan fingerprint density at radius 2 is 1.89 bits per heavy atom. The third kappa shape index (κ3) is 5.38. The first kappa shape index (κ1) is 15.5. The number of amides is 1. The number of hydrogen-bond donors (Lipinski definition) is 2. The highest BCUT2D eigenvalue weighted by molar-refractivity contribution is 5.81. The van der Waals surface area contributed by atoms with Crippen molar-refractivity contribution in [2.75, 3.05) is 6.54 Å². The average Bonchev–Trinajstić information content (AvgIpc) is 2.37. The number of carbonyl (C=O) groups excluding carboxylic acids is 1. The molecule has 106 valence electrons. The maximum absolute atomic E-state index is 12.0. The van der Waals surface area contributed by atoms with Gasteiger partial charge < -0.3 is 10.6 Å². The Morgan fingerprint density at radius 3 is 2.44 bits per heavy atom. The highest BCUT2D eigenvalue weighted by atomic mass is 16.2. The maximum Gasteiger partial charge on any atom is 0.237 e. The summed E-state index contributed by atoms with van der Waals surface area (Å²) < 4.78 is 0. The standard InChI is InChI=1S/C15H30N2O/c1-5-15(3,4)11-16-12(2)14(18)17-13-9-7-6-8-10-13/h12-13,16H,5-11H2,1-4H3,(H,17,18). The van der Waals surface area contributed by atoms with E-state index >= 15 is 0 Å². The van der Waals surface area contributed by atoms with E-state index in [2.05, 4.69) is 31.4 Å². The van der Waals surface area contributed by atoms with Gasteiger partial charge in [0.15, 0.2) is 0 Å². The van der Waals surface area contributed by atoms with Crippen LogP contribution in [0.15, 0.2) is 0 Å². The van der Waals surface area contributed by atoms with Crippen LogP contribution in [0, 0.1) is 5.41 Å². The van der Waals surface area contributed by atoms with Crippen LogP contribution in [0.2, 0.25) is 0 Å². The number of rotatable bonds is 6. The second-order valence-corrected chi connectivity index (χ2v) is 6.46. The third-order valence-corrected chi connectivity index (χ3v) is 4.19. The topological polar surface area (TPSA) is 41.1 Å². The molecule has 3 nitrogen and oxygen atoms in total. The Kier molecular flexibility index (Phi) is 6.13. The monoisotopic (exact) mass is 254 g/mol. The van der Waals surface area contributed by atoms with Gasteiger partial charge in [-0.1, -0.05) is 40.0 Å². The smallest absolute Gasteiger partial charge is 0.237 e. The highest BCUT2D eigenvalue weighted by Crippen LogP contribution is 2.19. The summed E-state index contributed by atoms with van der Waals surface area (Å²) in [5.74, 6) is 0.161. The van der Waals surface area contributed by atoms with E-state index in [1.54, 1.807) is 0 Å². The molecule has 18 heavy (non-hydrogen) atoms. The quantitative estimate of drug-likeness (QED) is 0.765. The van der Waals surface area contributed by atoms with E-state index in [1.807, 2.05) is 6.92 Å². The van der Waals surface area contributed by atoms with Gasteiger partial charge in [-0.15, -0.1) is 0 Å². The van der Waals surface area contributed by atoms with E-state index in [-0.39, 0.29) is 17.4 Å². The van der Waals surface area contributed by atoms with E-state index in [9.17, 15) is 4.79 Å². The van der Waals surface area contributed by atoms with Gasteiger partial charge in [-0.2, -0.15) is 0 Å². The molecule has 1 aliphatic carbocycles. The molecule has 0 spiro atoms. The van der Waals surface area contributed by atoms with Crippen LogP contribution in [0.5, 0.6) is 0 Å². The largest absolute Gasteiger partial charge is 0.352 e. The molecule has 2 N–H and O–H groups in total. The van der Waals surface area contributed by atoms with Gasteiger partial charge >= 0.3 is 0 Å². The van der Waals surface area contributed by atoms with Crippen molar-refractivity contribution in [1.82, 2.24) is 10.6 Å². The molecular weight excluding hydrogens is 224 g/mol. The van der Waals surface area contributed by atoms with Gasteiger partial charge in [0.25, 0.3) is 0 Å². The Labute approximate surface area is 112 Å². The van der Waals surface area contributed by atoms with Crippen molar-refractivity contribution in [2.24, 2.45) is 5.41 Å². The molecule has 0 radical (unpaired) electrons. The molecular formula is C15H30N2O. The molecule has 0 aromatic rings. The van der Waals surface area contributed by atoms with Crippen molar-refractivity contribution in [3.8, 4) is 0 Å². The van der Waals surface area contributed by atoms with Gasteiger partial charge in [0.1, 0.15) is 0 Å². The highest BCUT2D eigenvalue weighted by Gasteiger charge is 2.21. The minimum atomic E-state index is -0.0854. The summed E-state index contributed by atoms with van der Waals surface area (Å²) in [6.45, 7) is 9.50. The van der Waals surface area contributed by atoms with Crippen LogP contribution in [0.1, 0.15) is 66.2 Å². The van der Waals surface area contributed by atoms with Crippen LogP contribution in [0.4, 0.5) is 0 Å². The summed E-state index contributed by atoms with van der Waals surface area (Å²) in [5.41, 5.74) is 0.263. The molecule has 0 aliphatic heterocycles. The van der Waals surface area contributed by atoms with Crippen molar-refractivity contribution >= 4 is 5.91 Å². The molecule has 1 saturated carbocycles. The van der Waals surface area contributed by atoms with Crippen LogP contribution in [0.3, 0.4) is 0 Å². The minimum absolute atomic E-state index is 0.0854. The molecule has 1 unspecified atom stereocenters. The van der Waals surface area contributed by atoms with Crippen LogP contribution in [0.25, 0.3) is 0 Å². The lowest BCUT2D eigenvalue weighted by molar-refractivity contribution is -0.123. The zero-order valence-electron chi connectivity index (χ0n) is 12.5. The summed E-state index contributed by atoms with van der Waals surface area (Å²) in [6, 6.07) is 0.326. The summed E-state index contributed by atoms with van der Waals surface area (Å²) in [7, 11) is 0. The predicted octanol–water partition coefficient (Wildman–Crippen LogP) is 2.85. The van der Waals surface area contributed by atoms with E-state index in [1.165, 1.54) is 19.3 Å². The minimum Gasteiger partial charge on any atom is -0.352 e. The second-order valence-electron chi connectivity index (χ2n) is 6.46. The molecule has 0 saturated heterocycles. The molecule has 1 amide bonds. The molecule has 3 heteroatoms. The Bertz CT molecular complexity index is 257. The maximum atomic E-state index is 12.0. The summed E-state index contributed by atoms with van der Waals surface area (Å²) in [4.78, 5) is 12.0. The lowest BCUT2D eigenvalue weighted by Gasteiger charge is -2.27. The summed E-state index contributed by atoms with van der Waals surface area (Å²) >= 11 is 0. The lowest BCUT2D eigenvalue weighted by atomic mass is 9.90. The van der Waals surface area contributed by atoms with Crippen molar-refractivity contribution in [2.45, 2.75) is 78.3 Å². The normalized spacial score (nSPS) is 19.6. The number of hydrogen-bond acceptors (Lipinski definition) is 2. The van der Waals surface area contributed by atoms with Gasteiger partial charge in [0.05, 0.1) is 6.04 Å². The first-order valence-electron chi connectivity index (χ1n) is 7.48. The van der Waals surface area contributed by atoms with Crippen molar-refractivity contribution in [1.29, 1.82) is 0 Å². The fourth-order valence-corrected chi connectivity index (χ4v) is 2.22. The van der Waals surface area contributed by atoms with Crippen molar-refractivity contribution in [3.05, 3.63) is 0 Å². The van der Waals surface area contributed by atoms with Crippen LogP contribution in [-0.4, -0.2) is 24.5 Å². The van der Waals surface area contributed by atoms with Crippen LogP contribution >= 0.6 is 0 Å². The van der Waals surface area contributed by atoms with E-state index in [0.717, 1.165) is 25.8 Å². The van der Waals surface area contributed by atoms with Crippen LogP contribution < -0.4 is 10.6 Å². The molecule has 0 heterocycles. The summed E-state index contributed by atoms with van der Waals surface area (Å²) in [6.07, 6.45) is 7.27. The number of carbonyl (C=O) groups is 1. The fraction of sp³-hybridized carbons (Fsp3) is 0.933. The first-order chi connectivity index (χ1) is 8.44. The predicted molar refractivity (Wildman–Crippen MR) is 76.6 cm³/mol. The molecule has 0 aromatic carbocycles. The molecule has 1 atom stereocenters. The van der Waals surface area contributed by atoms with E-state index < -0.39 is 0 Å². The van der Waals surface area contributed by atoms with Crippen molar-refractivity contribution < 1.29 is 4.79 Å². The molecule has 1 rings (SSSR count). The Balaban J connectivity index is 2.27. The molecule has 0 aromatic heterocycles. The zero-order chi connectivity index (χ0) is 13.6. The van der Waals surface area contributed by atoms with E-state index in [0.29, 0.717) is 6.04 Å². The van der Waals surface area contributed by atoms with Gasteiger partial charge in [-0.3, -0.25) is 4.79 Å². The SMILES string of the molecule is CCC(C)(C)CNC(C)C(=O)NC1CCCCC1. The second kappa shape index (κ2) is 7.13. The van der Waals surface area contributed by atoms with Crippen LogP contribution in [-0.2, 0) is 4.79 Å². The lowest BCUT2D eigenvalue weighted by Crippen LogP contribution is -2.48. The fourth-order valence-electron chi connectivity index (χ4n) is 2.22. The van der Waals surface area contributed by atoms with E-state index in [4.69, 9.17) is 0 Å². The summed E-state index contributed by atoms with van der Waals surface area (Å²) in [5, 5.41) is 6.52. The number of nitrogens with one attached hydrogen (secondary N) is 2. The molecule has 0 bridgehead atoms. The van der Waals surface area contributed by atoms with Crippen molar-refractivity contribution in [3.63, 3.8) is 0 Å².